The molecule has 126 valence electrons. The summed E-state index contributed by atoms with van der Waals surface area (Å²) in [4.78, 5) is 26.4. The zero-order valence-corrected chi connectivity index (χ0v) is 13.5. The molecule has 3 heterocycles. The van der Waals surface area contributed by atoms with Gasteiger partial charge in [0, 0.05) is 47.8 Å². The van der Waals surface area contributed by atoms with Crippen LogP contribution in [0.15, 0.2) is 36.8 Å². The maximum absolute atomic E-state index is 11.6. The first-order valence-electron chi connectivity index (χ1n) is 7.80. The monoisotopic (exact) mass is 336 g/mol. The molecule has 0 radical (unpaired) electrons. The predicted molar refractivity (Wildman–Crippen MR) is 92.7 cm³/mol. The van der Waals surface area contributed by atoms with Crippen molar-refractivity contribution in [1.82, 2.24) is 19.9 Å². The Labute approximate surface area is 142 Å². The molecule has 0 aliphatic heterocycles. The first-order chi connectivity index (χ1) is 12.2. The Kier molecular flexibility index (Phi) is 3.70. The summed E-state index contributed by atoms with van der Waals surface area (Å²) in [6.07, 6.45) is 5.68. The van der Waals surface area contributed by atoms with Gasteiger partial charge in [0.25, 0.3) is 0 Å². The Hall–Kier alpha value is -3.19. The second-order valence-corrected chi connectivity index (χ2v) is 5.79. The van der Waals surface area contributed by atoms with E-state index in [0.717, 1.165) is 33.2 Å². The van der Waals surface area contributed by atoms with E-state index in [1.54, 1.807) is 25.7 Å². The highest BCUT2D eigenvalue weighted by Gasteiger charge is 2.20. The van der Waals surface area contributed by atoms with Crippen molar-refractivity contribution in [2.75, 3.05) is 7.11 Å². The second kappa shape index (κ2) is 6.03. The number of pyridine rings is 1. The number of carboxylic acid groups (broad SMARTS) is 1. The highest BCUT2D eigenvalue weighted by Crippen LogP contribution is 2.33. The number of fused-ring (bicyclic) bond motifs is 3. The van der Waals surface area contributed by atoms with Crippen LogP contribution in [0.5, 0.6) is 0 Å². The largest absolute Gasteiger partial charge is 0.477 e. The van der Waals surface area contributed by atoms with Crippen LogP contribution in [0.25, 0.3) is 21.8 Å². The third-order valence-electron chi connectivity index (χ3n) is 4.25. The second-order valence-electron chi connectivity index (χ2n) is 5.79. The molecule has 7 heteroatoms. The molecule has 4 rings (SSSR count). The number of hydrogen-bond donors (Lipinski definition) is 3. The number of carboxylic acids is 1. The summed E-state index contributed by atoms with van der Waals surface area (Å²) in [5.74, 6) is -0.213. The Balaban J connectivity index is 2.04. The summed E-state index contributed by atoms with van der Waals surface area (Å²) in [6.45, 7) is 0.175. The summed E-state index contributed by atoms with van der Waals surface area (Å²) in [6, 6.07) is 5.96. The van der Waals surface area contributed by atoms with Crippen LogP contribution in [-0.2, 0) is 17.8 Å². The minimum atomic E-state index is -1.06. The van der Waals surface area contributed by atoms with Crippen molar-refractivity contribution in [3.05, 3.63) is 59.4 Å². The van der Waals surface area contributed by atoms with Crippen LogP contribution < -0.4 is 0 Å². The minimum Gasteiger partial charge on any atom is -0.477 e. The number of aromatic nitrogens is 4. The Morgan fingerprint density at radius 1 is 1.24 bits per heavy atom. The predicted octanol–water partition coefficient (Wildman–Crippen LogP) is 2.87. The molecule has 3 aromatic heterocycles. The van der Waals surface area contributed by atoms with E-state index in [-0.39, 0.29) is 12.3 Å². The summed E-state index contributed by atoms with van der Waals surface area (Å²) in [7, 11) is 1.54. The lowest BCUT2D eigenvalue weighted by atomic mass is 10.00. The molecule has 25 heavy (non-hydrogen) atoms. The number of nitrogens with one attached hydrogen (secondary N) is 2. The topological polar surface area (TPSA) is 104 Å². The number of benzene rings is 1. The van der Waals surface area contributed by atoms with Crippen LogP contribution in [0.1, 0.15) is 27.4 Å². The van der Waals surface area contributed by atoms with Crippen molar-refractivity contribution in [3.8, 4) is 0 Å². The van der Waals surface area contributed by atoms with E-state index >= 15 is 0 Å². The van der Waals surface area contributed by atoms with E-state index in [9.17, 15) is 9.90 Å². The van der Waals surface area contributed by atoms with Gasteiger partial charge in [-0.2, -0.15) is 0 Å². The van der Waals surface area contributed by atoms with E-state index in [2.05, 4.69) is 19.9 Å². The summed E-state index contributed by atoms with van der Waals surface area (Å²) in [5.41, 5.74) is 3.37. The maximum atomic E-state index is 11.6. The molecule has 0 saturated carbocycles. The van der Waals surface area contributed by atoms with E-state index in [4.69, 9.17) is 4.74 Å². The molecule has 0 bridgehead atoms. The molecule has 0 saturated heterocycles. The summed E-state index contributed by atoms with van der Waals surface area (Å²) in [5, 5.41) is 11.3. The van der Waals surface area contributed by atoms with Gasteiger partial charge in [0.05, 0.1) is 18.3 Å². The normalized spacial score (nSPS) is 11.4. The van der Waals surface area contributed by atoms with Crippen molar-refractivity contribution in [1.29, 1.82) is 0 Å². The highest BCUT2D eigenvalue weighted by atomic mass is 16.5. The maximum Gasteiger partial charge on any atom is 0.354 e. The fourth-order valence-corrected chi connectivity index (χ4v) is 3.27. The number of nitrogens with zero attached hydrogens (tertiary/aromatic N) is 2. The molecular weight excluding hydrogens is 320 g/mol. The average Bonchev–Trinajstić information content (AvgIpc) is 3.22. The smallest absolute Gasteiger partial charge is 0.354 e. The van der Waals surface area contributed by atoms with Gasteiger partial charge in [0.1, 0.15) is 5.82 Å². The fourth-order valence-electron chi connectivity index (χ4n) is 3.27. The average molecular weight is 336 g/mol. The summed E-state index contributed by atoms with van der Waals surface area (Å²) < 4.78 is 5.26. The van der Waals surface area contributed by atoms with Gasteiger partial charge in [-0.15, -0.1) is 0 Å². The third kappa shape index (κ3) is 2.54. The molecule has 0 aliphatic rings. The lowest BCUT2D eigenvalue weighted by Gasteiger charge is -2.08. The van der Waals surface area contributed by atoms with Crippen LogP contribution in [0, 0.1) is 0 Å². The number of imidazole rings is 1. The number of aromatic carboxylic acids is 1. The quantitative estimate of drug-likeness (QED) is 0.520. The van der Waals surface area contributed by atoms with Crippen LogP contribution >= 0.6 is 0 Å². The van der Waals surface area contributed by atoms with Crippen LogP contribution in [0.2, 0.25) is 0 Å². The van der Waals surface area contributed by atoms with Crippen molar-refractivity contribution in [2.24, 2.45) is 0 Å². The lowest BCUT2D eigenvalue weighted by molar-refractivity contribution is 0.0685. The Bertz CT molecular complexity index is 1070. The molecule has 0 atom stereocenters. The van der Waals surface area contributed by atoms with Gasteiger partial charge in [0.2, 0.25) is 0 Å². The van der Waals surface area contributed by atoms with E-state index in [1.165, 1.54) is 0 Å². The first-order valence-corrected chi connectivity index (χ1v) is 7.80. The minimum absolute atomic E-state index is 0.0167. The van der Waals surface area contributed by atoms with Gasteiger partial charge >= 0.3 is 5.97 Å². The SMILES string of the molecule is COCc1c(C(=O)O)ncc2[nH]c3cccc(Cc4ncc[nH]4)c3c12. The highest BCUT2D eigenvalue weighted by molar-refractivity contribution is 6.12. The third-order valence-corrected chi connectivity index (χ3v) is 4.25. The fraction of sp³-hybridized carbons (Fsp3) is 0.167. The first kappa shape index (κ1) is 15.3. The van der Waals surface area contributed by atoms with Crippen LogP contribution in [0.3, 0.4) is 0 Å². The van der Waals surface area contributed by atoms with Gasteiger partial charge in [-0.25, -0.2) is 14.8 Å². The van der Waals surface area contributed by atoms with Gasteiger partial charge in [-0.1, -0.05) is 12.1 Å². The standard InChI is InChI=1S/C18H16N4O3/c1-25-9-11-16-13(8-21-17(11)18(23)24)22-12-4-2-3-10(15(12)16)7-14-19-5-6-20-14/h2-6,8,22H,7,9H2,1H3,(H,19,20)(H,23,24). The molecule has 1 aromatic carbocycles. The Morgan fingerprint density at radius 2 is 2.12 bits per heavy atom. The van der Waals surface area contributed by atoms with Crippen LogP contribution in [0.4, 0.5) is 0 Å². The molecule has 7 nitrogen and oxygen atoms in total. The number of rotatable bonds is 5. The molecule has 0 spiro atoms. The van der Waals surface area contributed by atoms with Crippen molar-refractivity contribution < 1.29 is 14.6 Å². The van der Waals surface area contributed by atoms with Gasteiger partial charge in [0.15, 0.2) is 5.69 Å². The number of H-pyrrole nitrogens is 2. The van der Waals surface area contributed by atoms with Crippen molar-refractivity contribution in [3.63, 3.8) is 0 Å². The number of hydrogen-bond acceptors (Lipinski definition) is 4. The van der Waals surface area contributed by atoms with Crippen molar-refractivity contribution >= 4 is 27.8 Å². The zero-order valence-electron chi connectivity index (χ0n) is 13.5. The summed E-state index contributed by atoms with van der Waals surface area (Å²) >= 11 is 0. The molecule has 0 fully saturated rings. The van der Waals surface area contributed by atoms with Gasteiger partial charge in [-0.05, 0) is 11.6 Å². The molecule has 0 amide bonds. The van der Waals surface area contributed by atoms with E-state index < -0.39 is 5.97 Å². The molecule has 0 aliphatic carbocycles. The van der Waals surface area contributed by atoms with Gasteiger partial charge in [-0.3, -0.25) is 0 Å². The number of carbonyl (C=O) groups is 1. The molecule has 4 aromatic rings. The Morgan fingerprint density at radius 3 is 2.84 bits per heavy atom. The van der Waals surface area contributed by atoms with E-state index in [1.807, 2.05) is 18.2 Å². The lowest BCUT2D eigenvalue weighted by Crippen LogP contribution is -2.07. The van der Waals surface area contributed by atoms with Gasteiger partial charge < -0.3 is 19.8 Å². The molecule has 3 N–H and O–H groups in total. The van der Waals surface area contributed by atoms with Crippen LogP contribution in [-0.4, -0.2) is 38.1 Å². The zero-order chi connectivity index (χ0) is 17.4. The number of methoxy groups -OCH3 is 1. The van der Waals surface area contributed by atoms with E-state index in [0.29, 0.717) is 12.0 Å². The number of ether oxygens (including phenoxy) is 1. The molecular formula is C18H16N4O3. The molecule has 0 unspecified atom stereocenters. The van der Waals surface area contributed by atoms with Crippen molar-refractivity contribution in [2.45, 2.75) is 13.0 Å². The number of aromatic amines is 2.